The van der Waals surface area contributed by atoms with E-state index in [1.54, 1.807) is 7.11 Å². The summed E-state index contributed by atoms with van der Waals surface area (Å²) >= 11 is 0. The second kappa shape index (κ2) is 8.61. The predicted molar refractivity (Wildman–Crippen MR) is 75.6 cm³/mol. The van der Waals surface area contributed by atoms with Crippen LogP contribution in [0, 0.1) is 11.8 Å². The highest BCUT2D eigenvalue weighted by Gasteiger charge is 2.39. The number of nitrogens with zero attached hydrogens (tertiary/aromatic N) is 1. The van der Waals surface area contributed by atoms with Crippen molar-refractivity contribution >= 4 is 17.8 Å². The molecule has 1 fully saturated rings. The number of methoxy groups -OCH3 is 1. The van der Waals surface area contributed by atoms with Gasteiger partial charge in [0, 0.05) is 27.3 Å². The summed E-state index contributed by atoms with van der Waals surface area (Å²) in [6.45, 7) is 1.02. The minimum Gasteiger partial charge on any atom is -0.481 e. The molecule has 2 atom stereocenters. The number of carbonyl (C=O) groups excluding carboxylic acids is 2. The molecule has 1 saturated carbocycles. The molecule has 0 bridgehead atoms. The van der Waals surface area contributed by atoms with Crippen LogP contribution in [0.4, 0.5) is 0 Å². The Morgan fingerprint density at radius 3 is 2.57 bits per heavy atom. The fourth-order valence-corrected chi connectivity index (χ4v) is 2.63. The average Bonchev–Trinajstić information content (AvgIpc) is 2.92. The van der Waals surface area contributed by atoms with Crippen molar-refractivity contribution in [3.05, 3.63) is 0 Å². The zero-order valence-corrected chi connectivity index (χ0v) is 12.6. The zero-order valence-electron chi connectivity index (χ0n) is 12.6. The van der Waals surface area contributed by atoms with Gasteiger partial charge in [0.1, 0.15) is 0 Å². The zero-order chi connectivity index (χ0) is 15.8. The third kappa shape index (κ3) is 5.34. The van der Waals surface area contributed by atoms with Gasteiger partial charge in [-0.15, -0.1) is 0 Å². The molecule has 0 aromatic heterocycles. The number of ether oxygens (including phenoxy) is 1. The number of nitrogens with one attached hydrogen (secondary N) is 1. The second-order valence-electron chi connectivity index (χ2n) is 5.37. The molecule has 0 saturated heterocycles. The number of hydrogen-bond donors (Lipinski definition) is 2. The van der Waals surface area contributed by atoms with Crippen LogP contribution in [-0.2, 0) is 19.1 Å². The lowest BCUT2D eigenvalue weighted by atomic mass is 9.95. The molecule has 1 aliphatic rings. The van der Waals surface area contributed by atoms with E-state index in [4.69, 9.17) is 9.84 Å². The summed E-state index contributed by atoms with van der Waals surface area (Å²) in [6, 6.07) is 0. The third-order valence-corrected chi connectivity index (χ3v) is 3.75. The fourth-order valence-electron chi connectivity index (χ4n) is 2.63. The van der Waals surface area contributed by atoms with Crippen molar-refractivity contribution in [2.24, 2.45) is 11.8 Å². The van der Waals surface area contributed by atoms with Crippen LogP contribution in [0.25, 0.3) is 0 Å². The van der Waals surface area contributed by atoms with Gasteiger partial charge in [-0.25, -0.2) is 0 Å². The largest absolute Gasteiger partial charge is 0.481 e. The number of rotatable bonds is 8. The maximum absolute atomic E-state index is 12.2. The fraction of sp³-hybridized carbons (Fsp3) is 0.786. The number of carboxylic acid groups (broad SMARTS) is 1. The molecule has 21 heavy (non-hydrogen) atoms. The Hall–Kier alpha value is -1.63. The topological polar surface area (TPSA) is 95.9 Å². The van der Waals surface area contributed by atoms with Crippen LogP contribution in [0.3, 0.4) is 0 Å². The van der Waals surface area contributed by atoms with E-state index in [0.717, 1.165) is 6.42 Å². The van der Waals surface area contributed by atoms with Crippen LogP contribution in [0.15, 0.2) is 0 Å². The van der Waals surface area contributed by atoms with Gasteiger partial charge in [0.05, 0.1) is 18.4 Å². The Kier molecular flexibility index (Phi) is 7.14. The summed E-state index contributed by atoms with van der Waals surface area (Å²) in [7, 11) is 3.13. The molecule has 0 heterocycles. The van der Waals surface area contributed by atoms with Gasteiger partial charge >= 0.3 is 5.97 Å². The van der Waals surface area contributed by atoms with Gasteiger partial charge in [0.15, 0.2) is 0 Å². The molecule has 7 nitrogen and oxygen atoms in total. The first-order valence-corrected chi connectivity index (χ1v) is 7.20. The SMILES string of the molecule is COCCCNC(=O)CN(C)C(=O)[C@@H]1CCC[C@@H]1C(=O)O. The number of carboxylic acids is 1. The maximum atomic E-state index is 12.2. The van der Waals surface area contributed by atoms with Crippen molar-refractivity contribution in [3.8, 4) is 0 Å². The molecule has 2 amide bonds. The second-order valence-corrected chi connectivity index (χ2v) is 5.37. The average molecular weight is 300 g/mol. The Morgan fingerprint density at radius 2 is 1.95 bits per heavy atom. The van der Waals surface area contributed by atoms with Crippen LogP contribution >= 0.6 is 0 Å². The quantitative estimate of drug-likeness (QED) is 0.620. The van der Waals surface area contributed by atoms with E-state index in [1.807, 2.05) is 0 Å². The van der Waals surface area contributed by atoms with Gasteiger partial charge in [-0.2, -0.15) is 0 Å². The number of hydrogen-bond acceptors (Lipinski definition) is 4. The predicted octanol–water partition coefficient (Wildman–Crippen LogP) is 0.0984. The summed E-state index contributed by atoms with van der Waals surface area (Å²) in [5.41, 5.74) is 0. The first kappa shape index (κ1) is 17.4. The van der Waals surface area contributed by atoms with Gasteiger partial charge in [-0.1, -0.05) is 6.42 Å². The van der Waals surface area contributed by atoms with Crippen molar-refractivity contribution in [1.29, 1.82) is 0 Å². The molecular formula is C14H24N2O5. The monoisotopic (exact) mass is 300 g/mol. The van der Waals surface area contributed by atoms with Crippen LogP contribution in [0.5, 0.6) is 0 Å². The van der Waals surface area contributed by atoms with E-state index in [-0.39, 0.29) is 18.4 Å². The number of carbonyl (C=O) groups is 3. The number of aliphatic carboxylic acids is 1. The highest BCUT2D eigenvalue weighted by molar-refractivity contribution is 5.88. The molecular weight excluding hydrogens is 276 g/mol. The van der Waals surface area contributed by atoms with E-state index in [2.05, 4.69) is 5.32 Å². The van der Waals surface area contributed by atoms with Gasteiger partial charge < -0.3 is 20.1 Å². The normalized spacial score (nSPS) is 21.0. The smallest absolute Gasteiger partial charge is 0.307 e. The number of likely N-dealkylation sites (N-methyl/N-ethyl adjacent to an activating group) is 1. The third-order valence-electron chi connectivity index (χ3n) is 3.75. The highest BCUT2D eigenvalue weighted by atomic mass is 16.5. The summed E-state index contributed by atoms with van der Waals surface area (Å²) in [4.78, 5) is 36.3. The van der Waals surface area contributed by atoms with E-state index in [0.29, 0.717) is 32.4 Å². The summed E-state index contributed by atoms with van der Waals surface area (Å²) in [5, 5.41) is 11.8. The minimum atomic E-state index is -0.928. The van der Waals surface area contributed by atoms with Crippen molar-refractivity contribution in [1.82, 2.24) is 10.2 Å². The summed E-state index contributed by atoms with van der Waals surface area (Å²) in [6.07, 6.45) is 2.56. The van der Waals surface area contributed by atoms with Crippen LogP contribution in [0.2, 0.25) is 0 Å². The van der Waals surface area contributed by atoms with Gasteiger partial charge in [-0.05, 0) is 19.3 Å². The summed E-state index contributed by atoms with van der Waals surface area (Å²) in [5.74, 6) is -2.56. The first-order valence-electron chi connectivity index (χ1n) is 7.20. The van der Waals surface area contributed by atoms with Crippen molar-refractivity contribution in [2.75, 3.05) is 33.9 Å². The Balaban J connectivity index is 2.40. The first-order chi connectivity index (χ1) is 9.97. The number of amides is 2. The molecule has 0 radical (unpaired) electrons. The van der Waals surface area contributed by atoms with E-state index in [9.17, 15) is 14.4 Å². The lowest BCUT2D eigenvalue weighted by molar-refractivity contribution is -0.149. The lowest BCUT2D eigenvalue weighted by Crippen LogP contribution is -2.42. The molecule has 120 valence electrons. The molecule has 0 unspecified atom stereocenters. The molecule has 7 heteroatoms. The van der Waals surface area contributed by atoms with Gasteiger partial charge in [0.25, 0.3) is 0 Å². The van der Waals surface area contributed by atoms with E-state index >= 15 is 0 Å². The molecule has 1 aliphatic carbocycles. The molecule has 0 aromatic rings. The van der Waals surface area contributed by atoms with E-state index < -0.39 is 17.8 Å². The van der Waals surface area contributed by atoms with Gasteiger partial charge in [-0.3, -0.25) is 14.4 Å². The maximum Gasteiger partial charge on any atom is 0.307 e. The van der Waals surface area contributed by atoms with Crippen LogP contribution < -0.4 is 5.32 Å². The lowest BCUT2D eigenvalue weighted by Gasteiger charge is -2.23. The highest BCUT2D eigenvalue weighted by Crippen LogP contribution is 2.33. The minimum absolute atomic E-state index is 0.0470. The molecule has 2 N–H and O–H groups in total. The molecule has 1 rings (SSSR count). The standard InChI is InChI=1S/C14H24N2O5/c1-16(9-12(17)15-7-4-8-21-2)13(18)10-5-3-6-11(10)14(19)20/h10-11H,3-9H2,1-2H3,(H,15,17)(H,19,20)/t10-,11+/m1/s1. The molecule has 0 spiro atoms. The van der Waals surface area contributed by atoms with E-state index in [1.165, 1.54) is 11.9 Å². The Labute approximate surface area is 124 Å². The molecule has 0 aromatic carbocycles. The van der Waals surface area contributed by atoms with Crippen molar-refractivity contribution < 1.29 is 24.2 Å². The van der Waals surface area contributed by atoms with Gasteiger partial charge in [0.2, 0.25) is 11.8 Å². The molecule has 0 aliphatic heterocycles. The summed E-state index contributed by atoms with van der Waals surface area (Å²) < 4.78 is 4.87. The van der Waals surface area contributed by atoms with Crippen molar-refractivity contribution in [3.63, 3.8) is 0 Å². The van der Waals surface area contributed by atoms with Crippen LogP contribution in [0.1, 0.15) is 25.7 Å². The van der Waals surface area contributed by atoms with Crippen molar-refractivity contribution in [2.45, 2.75) is 25.7 Å². The Morgan fingerprint density at radius 1 is 1.29 bits per heavy atom. The van der Waals surface area contributed by atoms with Crippen LogP contribution in [-0.4, -0.2) is 61.6 Å². The Bertz CT molecular complexity index is 386.